The summed E-state index contributed by atoms with van der Waals surface area (Å²) >= 11 is 0. The van der Waals surface area contributed by atoms with Crippen LogP contribution in [0.3, 0.4) is 0 Å². The highest BCUT2D eigenvalue weighted by molar-refractivity contribution is 7.84. The number of hydrogen-bond donors (Lipinski definition) is 1. The second-order valence-electron chi connectivity index (χ2n) is 4.92. The van der Waals surface area contributed by atoms with Gasteiger partial charge in [-0.25, -0.2) is 0 Å². The van der Waals surface area contributed by atoms with Gasteiger partial charge in [0.1, 0.15) is 0 Å². The van der Waals surface area contributed by atoms with Crippen LogP contribution in [0.5, 0.6) is 0 Å². The quantitative estimate of drug-likeness (QED) is 0.844. The Morgan fingerprint density at radius 2 is 1.76 bits per heavy atom. The van der Waals surface area contributed by atoms with E-state index in [-0.39, 0.29) is 0 Å². The first-order valence-corrected chi connectivity index (χ1v) is 7.84. The van der Waals surface area contributed by atoms with Crippen molar-refractivity contribution in [3.8, 4) is 0 Å². The summed E-state index contributed by atoms with van der Waals surface area (Å²) in [5.74, 6) is 1.29. The molecule has 1 aromatic carbocycles. The molecule has 0 amide bonds. The molecule has 2 atom stereocenters. The van der Waals surface area contributed by atoms with E-state index in [1.165, 1.54) is 11.1 Å². The summed E-state index contributed by atoms with van der Waals surface area (Å²) in [6.07, 6.45) is 1.75. The minimum absolute atomic E-state index is 0.297. The molecular weight excluding hydrogens is 230 g/mol. The highest BCUT2D eigenvalue weighted by atomic mass is 32.2. The van der Waals surface area contributed by atoms with Gasteiger partial charge in [-0.3, -0.25) is 4.21 Å². The standard InChI is InChI=1S/C14H23NOS/c1-11(2)14-7-5-13(6-8-14)9-15-12(3)10-17(4)16/h5-8,11-12,15H,9-10H2,1-4H3. The van der Waals surface area contributed by atoms with E-state index in [0.717, 1.165) is 6.54 Å². The normalized spacial score (nSPS) is 14.9. The Kier molecular flexibility index (Phi) is 5.86. The molecule has 0 fully saturated rings. The van der Waals surface area contributed by atoms with E-state index in [2.05, 4.69) is 50.4 Å². The van der Waals surface area contributed by atoms with Crippen molar-refractivity contribution in [2.45, 2.75) is 39.3 Å². The average molecular weight is 253 g/mol. The highest BCUT2D eigenvalue weighted by Gasteiger charge is 2.04. The molecule has 0 aliphatic carbocycles. The molecule has 0 spiro atoms. The fraction of sp³-hybridized carbons (Fsp3) is 0.571. The fourth-order valence-corrected chi connectivity index (χ4v) is 2.55. The molecule has 1 aromatic rings. The molecule has 2 unspecified atom stereocenters. The van der Waals surface area contributed by atoms with Gasteiger partial charge in [0.15, 0.2) is 0 Å². The van der Waals surface area contributed by atoms with Gasteiger partial charge >= 0.3 is 0 Å². The van der Waals surface area contributed by atoms with Crippen molar-refractivity contribution >= 4 is 10.8 Å². The lowest BCUT2D eigenvalue weighted by molar-refractivity contribution is 0.587. The summed E-state index contributed by atoms with van der Waals surface area (Å²) in [4.78, 5) is 0. The molecule has 0 aromatic heterocycles. The molecule has 1 rings (SSSR count). The second-order valence-corrected chi connectivity index (χ2v) is 6.40. The predicted octanol–water partition coefficient (Wildman–Crippen LogP) is 2.67. The monoisotopic (exact) mass is 253 g/mol. The summed E-state index contributed by atoms with van der Waals surface area (Å²) in [5, 5.41) is 3.39. The molecule has 0 radical (unpaired) electrons. The molecule has 3 heteroatoms. The van der Waals surface area contributed by atoms with Crippen LogP contribution in [0, 0.1) is 0 Å². The van der Waals surface area contributed by atoms with Crippen LogP contribution in [0.4, 0.5) is 0 Å². The van der Waals surface area contributed by atoms with Crippen molar-refractivity contribution in [1.82, 2.24) is 5.32 Å². The van der Waals surface area contributed by atoms with E-state index in [1.54, 1.807) is 6.26 Å². The van der Waals surface area contributed by atoms with Gasteiger partial charge in [-0.1, -0.05) is 38.1 Å². The zero-order chi connectivity index (χ0) is 12.8. The van der Waals surface area contributed by atoms with Crippen LogP contribution in [0.15, 0.2) is 24.3 Å². The fourth-order valence-electron chi connectivity index (χ4n) is 1.72. The van der Waals surface area contributed by atoms with Gasteiger partial charge in [-0.2, -0.15) is 0 Å². The molecule has 96 valence electrons. The summed E-state index contributed by atoms with van der Waals surface area (Å²) in [6.45, 7) is 7.32. The lowest BCUT2D eigenvalue weighted by Gasteiger charge is -2.13. The maximum atomic E-state index is 11.1. The summed E-state index contributed by atoms with van der Waals surface area (Å²) in [5.41, 5.74) is 2.65. The lowest BCUT2D eigenvalue weighted by Crippen LogP contribution is -2.30. The smallest absolute Gasteiger partial charge is 0.0383 e. The Hall–Kier alpha value is -0.670. The SMILES string of the molecule is CC(CS(C)=O)NCc1ccc(C(C)C)cc1. The van der Waals surface area contributed by atoms with Gasteiger partial charge in [-0.15, -0.1) is 0 Å². The minimum Gasteiger partial charge on any atom is -0.309 e. The third-order valence-electron chi connectivity index (χ3n) is 2.79. The third-order valence-corrected chi connectivity index (χ3v) is 3.76. The molecule has 17 heavy (non-hydrogen) atoms. The maximum absolute atomic E-state index is 11.1. The largest absolute Gasteiger partial charge is 0.309 e. The molecule has 0 heterocycles. The first kappa shape index (κ1) is 14.4. The number of hydrogen-bond acceptors (Lipinski definition) is 2. The Balaban J connectivity index is 2.44. The van der Waals surface area contributed by atoms with Crippen molar-refractivity contribution in [3.63, 3.8) is 0 Å². The van der Waals surface area contributed by atoms with Gasteiger partial charge in [0, 0.05) is 35.4 Å². The van der Waals surface area contributed by atoms with Crippen molar-refractivity contribution in [1.29, 1.82) is 0 Å². The predicted molar refractivity (Wildman–Crippen MR) is 75.8 cm³/mol. The van der Waals surface area contributed by atoms with Crippen molar-refractivity contribution in [2.75, 3.05) is 12.0 Å². The van der Waals surface area contributed by atoms with Crippen LogP contribution >= 0.6 is 0 Å². The van der Waals surface area contributed by atoms with Crippen molar-refractivity contribution < 1.29 is 4.21 Å². The molecule has 0 bridgehead atoms. The van der Waals surface area contributed by atoms with Gasteiger partial charge in [0.2, 0.25) is 0 Å². The summed E-state index contributed by atoms with van der Waals surface area (Å²) < 4.78 is 11.1. The van der Waals surface area contributed by atoms with Crippen LogP contribution in [0.1, 0.15) is 37.8 Å². The van der Waals surface area contributed by atoms with E-state index in [0.29, 0.717) is 17.7 Å². The van der Waals surface area contributed by atoms with Crippen LogP contribution in [0.25, 0.3) is 0 Å². The van der Waals surface area contributed by atoms with Crippen molar-refractivity contribution in [2.24, 2.45) is 0 Å². The average Bonchev–Trinajstić information content (AvgIpc) is 2.26. The van der Waals surface area contributed by atoms with Crippen LogP contribution in [-0.4, -0.2) is 22.3 Å². The van der Waals surface area contributed by atoms with Gasteiger partial charge in [0.05, 0.1) is 0 Å². The minimum atomic E-state index is -0.726. The van der Waals surface area contributed by atoms with Gasteiger partial charge in [-0.05, 0) is 24.0 Å². The molecular formula is C14H23NOS. The van der Waals surface area contributed by atoms with Gasteiger partial charge < -0.3 is 5.32 Å². The molecule has 0 aliphatic rings. The van der Waals surface area contributed by atoms with E-state index < -0.39 is 10.8 Å². The Morgan fingerprint density at radius 1 is 1.18 bits per heavy atom. The topological polar surface area (TPSA) is 29.1 Å². The maximum Gasteiger partial charge on any atom is 0.0383 e. The van der Waals surface area contributed by atoms with E-state index in [1.807, 2.05) is 0 Å². The zero-order valence-corrected chi connectivity index (χ0v) is 12.0. The molecule has 2 nitrogen and oxygen atoms in total. The Morgan fingerprint density at radius 3 is 2.24 bits per heavy atom. The lowest BCUT2D eigenvalue weighted by atomic mass is 10.0. The van der Waals surface area contributed by atoms with E-state index >= 15 is 0 Å². The van der Waals surface area contributed by atoms with Crippen LogP contribution in [-0.2, 0) is 17.3 Å². The highest BCUT2D eigenvalue weighted by Crippen LogP contribution is 2.14. The Bertz CT molecular complexity index is 359. The van der Waals surface area contributed by atoms with Gasteiger partial charge in [0.25, 0.3) is 0 Å². The first-order chi connectivity index (χ1) is 7.99. The number of nitrogens with one attached hydrogen (secondary N) is 1. The molecule has 0 saturated heterocycles. The van der Waals surface area contributed by atoms with E-state index in [4.69, 9.17) is 0 Å². The van der Waals surface area contributed by atoms with Crippen LogP contribution < -0.4 is 5.32 Å². The third kappa shape index (κ3) is 5.46. The summed E-state index contributed by atoms with van der Waals surface area (Å²) in [6, 6.07) is 9.00. The first-order valence-electron chi connectivity index (χ1n) is 6.11. The zero-order valence-electron chi connectivity index (χ0n) is 11.2. The Labute approximate surface area is 107 Å². The van der Waals surface area contributed by atoms with Crippen molar-refractivity contribution in [3.05, 3.63) is 35.4 Å². The molecule has 0 aliphatic heterocycles. The van der Waals surface area contributed by atoms with E-state index in [9.17, 15) is 4.21 Å². The number of benzene rings is 1. The van der Waals surface area contributed by atoms with Crippen LogP contribution in [0.2, 0.25) is 0 Å². The number of rotatable bonds is 6. The molecule has 1 N–H and O–H groups in total. The summed E-state index contributed by atoms with van der Waals surface area (Å²) in [7, 11) is -0.726. The molecule has 0 saturated carbocycles. The second kappa shape index (κ2) is 6.92.